The lowest BCUT2D eigenvalue weighted by Crippen LogP contribution is -2.47. The SMILES string of the molecule is Cc1ccc(CC(CNCC(=O)O)CN2CCN(C)CCN(C)CCN(CC(=O)O)CC2)cc1. The molecule has 1 saturated heterocycles. The molecule has 1 aliphatic heterocycles. The van der Waals surface area contributed by atoms with Crippen molar-refractivity contribution in [2.24, 2.45) is 5.92 Å². The molecule has 0 aromatic heterocycles. The molecule has 1 aliphatic rings. The molecular weight excluding hydrogens is 434 g/mol. The van der Waals surface area contributed by atoms with E-state index in [9.17, 15) is 14.7 Å². The average molecular weight is 478 g/mol. The molecule has 9 heteroatoms. The lowest BCUT2D eigenvalue weighted by molar-refractivity contribution is -0.138. The highest BCUT2D eigenvalue weighted by Gasteiger charge is 2.19. The first-order valence-electron chi connectivity index (χ1n) is 12.2. The van der Waals surface area contributed by atoms with Crippen LogP contribution >= 0.6 is 0 Å². The first-order valence-corrected chi connectivity index (χ1v) is 12.2. The summed E-state index contributed by atoms with van der Waals surface area (Å²) in [7, 11) is 4.23. The van der Waals surface area contributed by atoms with Crippen LogP contribution in [0.2, 0.25) is 0 Å². The number of rotatable bonds is 10. The van der Waals surface area contributed by atoms with Crippen molar-refractivity contribution >= 4 is 11.9 Å². The first-order chi connectivity index (χ1) is 16.2. The van der Waals surface area contributed by atoms with E-state index in [0.29, 0.717) is 13.1 Å². The number of nitrogens with one attached hydrogen (secondary N) is 1. The van der Waals surface area contributed by atoms with Crippen molar-refractivity contribution in [1.29, 1.82) is 0 Å². The summed E-state index contributed by atoms with van der Waals surface area (Å²) in [5.41, 5.74) is 2.47. The number of nitrogens with zero attached hydrogens (tertiary/aromatic N) is 4. The second-order valence-electron chi connectivity index (χ2n) is 9.66. The van der Waals surface area contributed by atoms with Crippen molar-refractivity contribution in [3.05, 3.63) is 35.4 Å². The van der Waals surface area contributed by atoms with E-state index in [1.165, 1.54) is 11.1 Å². The van der Waals surface area contributed by atoms with Gasteiger partial charge in [-0.2, -0.15) is 0 Å². The fourth-order valence-electron chi connectivity index (χ4n) is 4.23. The molecule has 0 bridgehead atoms. The molecule has 1 atom stereocenters. The van der Waals surface area contributed by atoms with E-state index in [-0.39, 0.29) is 19.0 Å². The third-order valence-corrected chi connectivity index (χ3v) is 6.42. The van der Waals surface area contributed by atoms with Gasteiger partial charge in [-0.3, -0.25) is 14.5 Å². The van der Waals surface area contributed by atoms with Crippen LogP contribution in [-0.2, 0) is 16.0 Å². The highest BCUT2D eigenvalue weighted by molar-refractivity contribution is 5.69. The summed E-state index contributed by atoms with van der Waals surface area (Å²) in [5, 5.41) is 21.5. The quantitative estimate of drug-likeness (QED) is 0.442. The van der Waals surface area contributed by atoms with Crippen molar-refractivity contribution < 1.29 is 19.8 Å². The van der Waals surface area contributed by atoms with Gasteiger partial charge in [0, 0.05) is 65.4 Å². The maximum absolute atomic E-state index is 11.4. The fraction of sp³-hybridized carbons (Fsp3) is 0.680. The molecule has 1 aromatic carbocycles. The van der Waals surface area contributed by atoms with Gasteiger partial charge in [0.25, 0.3) is 0 Å². The van der Waals surface area contributed by atoms with Crippen molar-refractivity contribution in [3.8, 4) is 0 Å². The minimum Gasteiger partial charge on any atom is -0.480 e. The highest BCUT2D eigenvalue weighted by atomic mass is 16.4. The first kappa shape index (κ1) is 28.2. The van der Waals surface area contributed by atoms with Crippen LogP contribution in [0.5, 0.6) is 0 Å². The lowest BCUT2D eigenvalue weighted by Gasteiger charge is -2.33. The second-order valence-corrected chi connectivity index (χ2v) is 9.66. The Balaban J connectivity index is 2.09. The van der Waals surface area contributed by atoms with Crippen molar-refractivity contribution in [2.45, 2.75) is 13.3 Å². The van der Waals surface area contributed by atoms with Crippen LogP contribution in [0.1, 0.15) is 11.1 Å². The summed E-state index contributed by atoms with van der Waals surface area (Å²) >= 11 is 0. The predicted molar refractivity (Wildman–Crippen MR) is 134 cm³/mol. The Hall–Kier alpha value is -2.04. The van der Waals surface area contributed by atoms with Crippen LogP contribution < -0.4 is 5.32 Å². The number of likely N-dealkylation sites (N-methyl/N-ethyl adjacent to an activating group) is 2. The molecule has 0 radical (unpaired) electrons. The molecule has 2 rings (SSSR count). The van der Waals surface area contributed by atoms with Crippen molar-refractivity contribution in [2.75, 3.05) is 92.6 Å². The Morgan fingerprint density at radius 1 is 0.853 bits per heavy atom. The summed E-state index contributed by atoms with van der Waals surface area (Å²) < 4.78 is 0. The van der Waals surface area contributed by atoms with Gasteiger partial charge in [0.15, 0.2) is 0 Å². The molecule has 1 fully saturated rings. The third-order valence-electron chi connectivity index (χ3n) is 6.42. The number of carbonyl (C=O) groups is 2. The molecule has 1 unspecified atom stereocenters. The highest BCUT2D eigenvalue weighted by Crippen LogP contribution is 2.12. The summed E-state index contributed by atoms with van der Waals surface area (Å²) in [6.45, 7) is 10.3. The normalized spacial score (nSPS) is 19.3. The number of aliphatic carboxylic acids is 2. The van der Waals surface area contributed by atoms with E-state index >= 15 is 0 Å². The van der Waals surface area contributed by atoms with Crippen LogP contribution in [0.4, 0.5) is 0 Å². The minimum atomic E-state index is -0.851. The van der Waals surface area contributed by atoms with E-state index in [4.69, 9.17) is 5.11 Å². The number of hydrogen-bond acceptors (Lipinski definition) is 7. The second kappa shape index (κ2) is 15.1. The van der Waals surface area contributed by atoms with E-state index in [2.05, 4.69) is 65.3 Å². The van der Waals surface area contributed by atoms with Gasteiger partial charge in [0.2, 0.25) is 0 Å². The van der Waals surface area contributed by atoms with Crippen molar-refractivity contribution in [3.63, 3.8) is 0 Å². The topological polar surface area (TPSA) is 99.6 Å². The largest absolute Gasteiger partial charge is 0.480 e. The molecule has 0 saturated carbocycles. The number of aryl methyl sites for hydroxylation is 1. The third kappa shape index (κ3) is 11.9. The van der Waals surface area contributed by atoms with Gasteiger partial charge in [-0.1, -0.05) is 29.8 Å². The Morgan fingerprint density at radius 3 is 1.97 bits per heavy atom. The zero-order chi connectivity index (χ0) is 24.9. The fourth-order valence-corrected chi connectivity index (χ4v) is 4.23. The van der Waals surface area contributed by atoms with E-state index in [1.807, 2.05) is 4.90 Å². The number of hydrogen-bond donors (Lipinski definition) is 3. The Morgan fingerprint density at radius 2 is 1.38 bits per heavy atom. The summed E-state index contributed by atoms with van der Waals surface area (Å²) in [6.07, 6.45) is 0.864. The zero-order valence-corrected chi connectivity index (χ0v) is 21.1. The van der Waals surface area contributed by atoms with Crippen LogP contribution in [-0.4, -0.2) is 134 Å². The van der Waals surface area contributed by atoms with Gasteiger partial charge in [-0.05, 0) is 38.9 Å². The van der Waals surface area contributed by atoms with Crippen LogP contribution in [0, 0.1) is 12.8 Å². The maximum atomic E-state index is 11.4. The predicted octanol–water partition coefficient (Wildman–Crippen LogP) is 0.394. The van der Waals surface area contributed by atoms with Gasteiger partial charge in [-0.15, -0.1) is 0 Å². The molecule has 9 nitrogen and oxygen atoms in total. The molecule has 1 aromatic rings. The van der Waals surface area contributed by atoms with E-state index < -0.39 is 11.9 Å². The van der Waals surface area contributed by atoms with E-state index in [1.54, 1.807) is 0 Å². The monoisotopic (exact) mass is 477 g/mol. The van der Waals surface area contributed by atoms with E-state index in [0.717, 1.165) is 58.8 Å². The zero-order valence-electron chi connectivity index (χ0n) is 21.1. The van der Waals surface area contributed by atoms with Crippen LogP contribution in [0.3, 0.4) is 0 Å². The van der Waals surface area contributed by atoms with Crippen LogP contribution in [0.25, 0.3) is 0 Å². The smallest absolute Gasteiger partial charge is 0.317 e. The summed E-state index contributed by atoms with van der Waals surface area (Å²) in [4.78, 5) is 31.5. The molecule has 0 spiro atoms. The molecule has 3 N–H and O–H groups in total. The van der Waals surface area contributed by atoms with Gasteiger partial charge in [-0.25, -0.2) is 0 Å². The maximum Gasteiger partial charge on any atom is 0.317 e. The van der Waals surface area contributed by atoms with Gasteiger partial charge in [0.05, 0.1) is 13.1 Å². The molecule has 0 aliphatic carbocycles. The molecule has 34 heavy (non-hydrogen) atoms. The van der Waals surface area contributed by atoms with Crippen molar-refractivity contribution in [1.82, 2.24) is 24.9 Å². The summed E-state index contributed by atoms with van der Waals surface area (Å²) in [5.74, 6) is -1.40. The molecule has 0 amide bonds. The molecule has 1 heterocycles. The average Bonchev–Trinajstić information content (AvgIpc) is 2.77. The lowest BCUT2D eigenvalue weighted by atomic mass is 9.97. The number of benzene rings is 1. The minimum absolute atomic E-state index is 0.0486. The summed E-state index contributed by atoms with van der Waals surface area (Å²) in [6, 6.07) is 8.52. The molecular formula is C25H43N5O4. The van der Waals surface area contributed by atoms with Gasteiger partial charge >= 0.3 is 11.9 Å². The Kier molecular flexibility index (Phi) is 12.5. The standard InChI is InChI=1S/C25H43N5O4/c1-21-4-6-22(7-5-21)16-23(17-26-18-24(31)32)19-29-12-10-27(2)8-9-28(3)11-13-30(15-14-29)20-25(33)34/h4-7,23,26H,8-20H2,1-3H3,(H,31,32)(H,33,34). The van der Waals surface area contributed by atoms with Crippen LogP contribution in [0.15, 0.2) is 24.3 Å². The Labute approximate surface area is 204 Å². The van der Waals surface area contributed by atoms with Gasteiger partial charge < -0.3 is 30.2 Å². The van der Waals surface area contributed by atoms with Gasteiger partial charge in [0.1, 0.15) is 0 Å². The Bertz CT molecular complexity index is 745. The molecule has 192 valence electrons. The number of carboxylic acid groups (broad SMARTS) is 2. The number of carboxylic acids is 2.